The van der Waals surface area contributed by atoms with Crippen LogP contribution in [0.15, 0.2) is 54.6 Å². The molecule has 2 aromatic rings. The summed E-state index contributed by atoms with van der Waals surface area (Å²) in [5.74, 6) is 0. The second-order valence-corrected chi connectivity index (χ2v) is 4.25. The zero-order chi connectivity index (χ0) is 13.2. The molecule has 0 aromatic heterocycles. The Morgan fingerprint density at radius 1 is 0.944 bits per heavy atom. The fourth-order valence-corrected chi connectivity index (χ4v) is 2.09. The lowest BCUT2D eigenvalue weighted by Crippen LogP contribution is -2.36. The van der Waals surface area contributed by atoms with Gasteiger partial charge in [-0.1, -0.05) is 54.6 Å². The molecule has 0 aliphatic heterocycles. The molecule has 2 aromatic carbocycles. The van der Waals surface area contributed by atoms with E-state index in [0.29, 0.717) is 5.56 Å². The predicted octanol–water partition coefficient (Wildman–Crippen LogP) is 3.50. The lowest BCUT2D eigenvalue weighted by Gasteiger charge is -2.29. The number of rotatable bonds is 3. The van der Waals surface area contributed by atoms with Gasteiger partial charge in [-0.3, -0.25) is 0 Å². The van der Waals surface area contributed by atoms with Gasteiger partial charge in [0.1, 0.15) is 0 Å². The van der Waals surface area contributed by atoms with Crippen molar-refractivity contribution in [2.75, 3.05) is 0 Å². The van der Waals surface area contributed by atoms with E-state index < -0.39 is 12.0 Å². The Balaban J connectivity index is 2.63. The van der Waals surface area contributed by atoms with Crippen LogP contribution in [0.5, 0.6) is 0 Å². The van der Waals surface area contributed by atoms with E-state index >= 15 is 0 Å². The molecule has 0 amide bonds. The molecular formula is C15H14F2O. The van der Waals surface area contributed by atoms with Crippen LogP contribution in [-0.4, -0.2) is 11.5 Å². The quantitative estimate of drug-likeness (QED) is 0.881. The Morgan fingerprint density at radius 2 is 1.50 bits per heavy atom. The summed E-state index contributed by atoms with van der Waals surface area (Å²) in [4.78, 5) is 0. The van der Waals surface area contributed by atoms with Gasteiger partial charge >= 0.3 is 0 Å². The molecular weight excluding hydrogens is 234 g/mol. The summed E-state index contributed by atoms with van der Waals surface area (Å²) >= 11 is 0. The van der Waals surface area contributed by atoms with Crippen molar-refractivity contribution in [1.29, 1.82) is 0 Å². The van der Waals surface area contributed by atoms with Gasteiger partial charge in [0, 0.05) is 0 Å². The molecule has 1 N–H and O–H groups in total. The van der Waals surface area contributed by atoms with Crippen LogP contribution in [0.25, 0.3) is 0 Å². The summed E-state index contributed by atoms with van der Waals surface area (Å²) in [5.41, 5.74) is -1.17. The van der Waals surface area contributed by atoms with E-state index in [1.54, 1.807) is 43.3 Å². The molecule has 0 aliphatic rings. The van der Waals surface area contributed by atoms with Crippen molar-refractivity contribution in [3.8, 4) is 0 Å². The highest BCUT2D eigenvalue weighted by Crippen LogP contribution is 2.36. The molecule has 18 heavy (non-hydrogen) atoms. The molecule has 0 fully saturated rings. The molecule has 94 valence electrons. The van der Waals surface area contributed by atoms with Crippen molar-refractivity contribution in [3.05, 3.63) is 71.3 Å². The van der Waals surface area contributed by atoms with E-state index in [1.807, 2.05) is 0 Å². The van der Waals surface area contributed by atoms with Crippen molar-refractivity contribution in [3.63, 3.8) is 0 Å². The Morgan fingerprint density at radius 3 is 2.06 bits per heavy atom. The van der Waals surface area contributed by atoms with Crippen LogP contribution in [-0.2, 0) is 5.60 Å². The molecule has 0 aliphatic carbocycles. The normalized spacial score (nSPS) is 14.5. The van der Waals surface area contributed by atoms with E-state index in [0.717, 1.165) is 0 Å². The smallest absolute Gasteiger partial charge is 0.275 e. The number of hydrogen-bond acceptors (Lipinski definition) is 1. The number of aryl methyl sites for hydroxylation is 1. The molecule has 0 spiro atoms. The van der Waals surface area contributed by atoms with E-state index in [9.17, 15) is 13.9 Å². The first-order chi connectivity index (χ1) is 8.56. The highest BCUT2D eigenvalue weighted by Gasteiger charge is 2.42. The van der Waals surface area contributed by atoms with Gasteiger partial charge in [-0.25, -0.2) is 8.78 Å². The van der Waals surface area contributed by atoms with Crippen LogP contribution in [0.4, 0.5) is 8.78 Å². The van der Waals surface area contributed by atoms with Crippen LogP contribution >= 0.6 is 0 Å². The summed E-state index contributed by atoms with van der Waals surface area (Å²) in [7, 11) is 0. The van der Waals surface area contributed by atoms with E-state index in [4.69, 9.17) is 0 Å². The average molecular weight is 248 g/mol. The van der Waals surface area contributed by atoms with Crippen molar-refractivity contribution in [2.24, 2.45) is 0 Å². The summed E-state index contributed by atoms with van der Waals surface area (Å²) in [5, 5.41) is 10.5. The number of alkyl halides is 2. The molecule has 0 radical (unpaired) electrons. The van der Waals surface area contributed by atoms with Crippen LogP contribution < -0.4 is 0 Å². The largest absolute Gasteiger partial charge is 0.375 e. The fourth-order valence-electron chi connectivity index (χ4n) is 2.09. The number of aliphatic hydroxyl groups is 1. The molecule has 0 heterocycles. The Kier molecular flexibility index (Phi) is 3.43. The van der Waals surface area contributed by atoms with Gasteiger partial charge in [-0.05, 0) is 23.6 Å². The Hall–Kier alpha value is -1.74. The molecule has 0 bridgehead atoms. The summed E-state index contributed by atoms with van der Waals surface area (Å²) in [6.45, 7) is 1.71. The minimum absolute atomic E-state index is 0.203. The van der Waals surface area contributed by atoms with Gasteiger partial charge in [0.05, 0.1) is 0 Å². The monoisotopic (exact) mass is 248 g/mol. The number of benzene rings is 2. The maximum absolute atomic E-state index is 13.4. The lowest BCUT2D eigenvalue weighted by atomic mass is 9.84. The first kappa shape index (κ1) is 12.7. The third-order valence-corrected chi connectivity index (χ3v) is 3.09. The Bertz CT molecular complexity index is 525. The van der Waals surface area contributed by atoms with Gasteiger partial charge in [-0.15, -0.1) is 0 Å². The van der Waals surface area contributed by atoms with Crippen LogP contribution in [0.3, 0.4) is 0 Å². The van der Waals surface area contributed by atoms with Crippen molar-refractivity contribution >= 4 is 0 Å². The van der Waals surface area contributed by atoms with Crippen molar-refractivity contribution in [1.82, 2.24) is 0 Å². The summed E-state index contributed by atoms with van der Waals surface area (Å²) in [6.07, 6.45) is -2.89. The lowest BCUT2D eigenvalue weighted by molar-refractivity contribution is -0.0721. The number of hydrogen-bond donors (Lipinski definition) is 1. The number of halogens is 2. The van der Waals surface area contributed by atoms with E-state index in [1.165, 1.54) is 18.2 Å². The standard InChI is InChI=1S/C15H14F2O/c1-11-7-5-6-10-13(11)15(18,14(16)17)12-8-3-2-4-9-12/h2-10,14,18H,1H3. The zero-order valence-corrected chi connectivity index (χ0v) is 9.98. The molecule has 3 heteroatoms. The molecule has 1 unspecified atom stereocenters. The van der Waals surface area contributed by atoms with Gasteiger partial charge in [0.15, 0.2) is 5.60 Å². The molecule has 1 atom stereocenters. The summed E-state index contributed by atoms with van der Waals surface area (Å²) in [6, 6.07) is 14.7. The summed E-state index contributed by atoms with van der Waals surface area (Å²) < 4.78 is 26.8. The van der Waals surface area contributed by atoms with Crippen LogP contribution in [0, 0.1) is 6.92 Å². The first-order valence-electron chi connectivity index (χ1n) is 5.69. The zero-order valence-electron chi connectivity index (χ0n) is 9.98. The third-order valence-electron chi connectivity index (χ3n) is 3.09. The molecule has 0 saturated heterocycles. The van der Waals surface area contributed by atoms with Crippen molar-refractivity contribution < 1.29 is 13.9 Å². The SMILES string of the molecule is Cc1ccccc1C(O)(c1ccccc1)C(F)F. The second-order valence-electron chi connectivity index (χ2n) is 4.25. The van der Waals surface area contributed by atoms with Crippen LogP contribution in [0.2, 0.25) is 0 Å². The topological polar surface area (TPSA) is 20.2 Å². The van der Waals surface area contributed by atoms with Crippen molar-refractivity contribution in [2.45, 2.75) is 19.0 Å². The highest BCUT2D eigenvalue weighted by molar-refractivity contribution is 5.41. The first-order valence-corrected chi connectivity index (χ1v) is 5.69. The van der Waals surface area contributed by atoms with Gasteiger partial charge in [-0.2, -0.15) is 0 Å². The highest BCUT2D eigenvalue weighted by atomic mass is 19.3. The van der Waals surface area contributed by atoms with Gasteiger partial charge in [0.25, 0.3) is 6.43 Å². The van der Waals surface area contributed by atoms with E-state index in [2.05, 4.69) is 0 Å². The van der Waals surface area contributed by atoms with E-state index in [-0.39, 0.29) is 11.1 Å². The minimum atomic E-state index is -2.89. The minimum Gasteiger partial charge on any atom is -0.375 e. The molecule has 1 nitrogen and oxygen atoms in total. The molecule has 2 rings (SSSR count). The Labute approximate surface area is 105 Å². The maximum Gasteiger partial charge on any atom is 0.275 e. The van der Waals surface area contributed by atoms with Gasteiger partial charge < -0.3 is 5.11 Å². The molecule has 0 saturated carbocycles. The third kappa shape index (κ3) is 2.02. The second kappa shape index (κ2) is 4.86. The predicted molar refractivity (Wildman–Crippen MR) is 66.6 cm³/mol. The average Bonchev–Trinajstić information content (AvgIpc) is 2.39. The fraction of sp³-hybridized carbons (Fsp3) is 0.200. The van der Waals surface area contributed by atoms with Gasteiger partial charge in [0.2, 0.25) is 0 Å². The van der Waals surface area contributed by atoms with Crippen LogP contribution in [0.1, 0.15) is 16.7 Å². The maximum atomic E-state index is 13.4.